The van der Waals surface area contributed by atoms with Gasteiger partial charge in [-0.15, -0.1) is 0 Å². The lowest BCUT2D eigenvalue weighted by Crippen LogP contribution is -1.91. The molecule has 6 heteroatoms. The molecule has 0 aliphatic rings. The maximum Gasteiger partial charge on any atom is 0.259 e. The van der Waals surface area contributed by atoms with E-state index in [2.05, 4.69) is 20.1 Å². The molecular formula is C17H12N4O2. The summed E-state index contributed by atoms with van der Waals surface area (Å²) in [6, 6.07) is 15.1. The average molecular weight is 304 g/mol. The van der Waals surface area contributed by atoms with Crippen molar-refractivity contribution in [1.29, 1.82) is 0 Å². The van der Waals surface area contributed by atoms with Crippen molar-refractivity contribution in [2.45, 2.75) is 0 Å². The van der Waals surface area contributed by atoms with Crippen LogP contribution in [0, 0.1) is 0 Å². The Hall–Kier alpha value is -3.28. The van der Waals surface area contributed by atoms with Crippen molar-refractivity contribution in [2.24, 2.45) is 0 Å². The highest BCUT2D eigenvalue weighted by molar-refractivity contribution is 5.93. The van der Waals surface area contributed by atoms with Gasteiger partial charge in [-0.05, 0) is 18.2 Å². The second kappa shape index (κ2) is 5.49. The van der Waals surface area contributed by atoms with Gasteiger partial charge < -0.3 is 9.26 Å². The summed E-state index contributed by atoms with van der Waals surface area (Å²) in [6.45, 7) is 0. The van der Waals surface area contributed by atoms with Crippen LogP contribution >= 0.6 is 0 Å². The highest BCUT2D eigenvalue weighted by Crippen LogP contribution is 2.30. The monoisotopic (exact) mass is 304 g/mol. The molecule has 1 aromatic carbocycles. The molecule has 0 bridgehead atoms. The molecule has 0 saturated carbocycles. The zero-order valence-corrected chi connectivity index (χ0v) is 12.3. The standard InChI is InChI=1S/C17H12N4O2/c1-22-15-10-12(11-6-2-3-7-13(11)19-15)17-20-16(21-23-17)14-8-4-5-9-18-14/h2-10H,1H3. The predicted molar refractivity (Wildman–Crippen MR) is 84.8 cm³/mol. The third-order valence-corrected chi connectivity index (χ3v) is 3.45. The largest absolute Gasteiger partial charge is 0.481 e. The number of hydrogen-bond donors (Lipinski definition) is 0. The van der Waals surface area contributed by atoms with E-state index in [0.717, 1.165) is 16.5 Å². The van der Waals surface area contributed by atoms with Crippen LogP contribution in [0.5, 0.6) is 5.88 Å². The number of methoxy groups -OCH3 is 1. The average Bonchev–Trinajstić information content (AvgIpc) is 3.11. The molecule has 0 saturated heterocycles. The van der Waals surface area contributed by atoms with E-state index in [4.69, 9.17) is 9.26 Å². The molecule has 0 unspecified atom stereocenters. The Morgan fingerprint density at radius 2 is 1.87 bits per heavy atom. The van der Waals surface area contributed by atoms with Gasteiger partial charge in [-0.25, -0.2) is 4.98 Å². The molecule has 0 amide bonds. The zero-order chi connectivity index (χ0) is 15.6. The summed E-state index contributed by atoms with van der Waals surface area (Å²) in [4.78, 5) is 13.1. The van der Waals surface area contributed by atoms with Gasteiger partial charge in [0.05, 0.1) is 18.2 Å². The fraction of sp³-hybridized carbons (Fsp3) is 0.0588. The molecule has 0 spiro atoms. The van der Waals surface area contributed by atoms with E-state index in [-0.39, 0.29) is 0 Å². The molecule has 112 valence electrons. The number of nitrogens with zero attached hydrogens (tertiary/aromatic N) is 4. The first-order valence-electron chi connectivity index (χ1n) is 7.04. The van der Waals surface area contributed by atoms with Gasteiger partial charge in [-0.3, -0.25) is 4.98 Å². The van der Waals surface area contributed by atoms with Gasteiger partial charge in [0.15, 0.2) is 0 Å². The summed E-state index contributed by atoms with van der Waals surface area (Å²) in [5, 5.41) is 4.94. The Morgan fingerprint density at radius 1 is 1.00 bits per heavy atom. The van der Waals surface area contributed by atoms with Crippen LogP contribution in [0.4, 0.5) is 0 Å². The van der Waals surface area contributed by atoms with E-state index >= 15 is 0 Å². The molecule has 3 aromatic heterocycles. The van der Waals surface area contributed by atoms with Gasteiger partial charge in [-0.1, -0.05) is 29.4 Å². The summed E-state index contributed by atoms with van der Waals surface area (Å²) >= 11 is 0. The first kappa shape index (κ1) is 13.4. The molecule has 4 rings (SSSR count). The lowest BCUT2D eigenvalue weighted by Gasteiger charge is -2.05. The number of pyridine rings is 2. The maximum atomic E-state index is 5.43. The van der Waals surface area contributed by atoms with Crippen LogP contribution in [0.3, 0.4) is 0 Å². The lowest BCUT2D eigenvalue weighted by molar-refractivity contribution is 0.399. The van der Waals surface area contributed by atoms with Gasteiger partial charge in [0.25, 0.3) is 5.89 Å². The van der Waals surface area contributed by atoms with E-state index in [0.29, 0.717) is 23.3 Å². The lowest BCUT2D eigenvalue weighted by atomic mass is 10.1. The molecule has 0 N–H and O–H groups in total. The number of ether oxygens (including phenoxy) is 1. The second-order valence-corrected chi connectivity index (χ2v) is 4.87. The van der Waals surface area contributed by atoms with Crippen molar-refractivity contribution < 1.29 is 9.26 Å². The highest BCUT2D eigenvalue weighted by atomic mass is 16.5. The van der Waals surface area contributed by atoms with Crippen LogP contribution < -0.4 is 4.74 Å². The SMILES string of the molecule is COc1cc(-c2nc(-c3ccccn3)no2)c2ccccc2n1. The molecule has 4 aromatic rings. The van der Waals surface area contributed by atoms with Crippen LogP contribution in [0.1, 0.15) is 0 Å². The Balaban J connectivity index is 1.88. The molecule has 0 aliphatic heterocycles. The fourth-order valence-electron chi connectivity index (χ4n) is 2.36. The van der Waals surface area contributed by atoms with E-state index in [1.165, 1.54) is 0 Å². The molecule has 6 nitrogen and oxygen atoms in total. The van der Waals surface area contributed by atoms with Crippen molar-refractivity contribution in [3.8, 4) is 28.9 Å². The normalized spacial score (nSPS) is 10.8. The number of fused-ring (bicyclic) bond motifs is 1. The smallest absolute Gasteiger partial charge is 0.259 e. The summed E-state index contributed by atoms with van der Waals surface area (Å²) in [5.41, 5.74) is 2.24. The number of rotatable bonds is 3. The highest BCUT2D eigenvalue weighted by Gasteiger charge is 2.15. The van der Waals surface area contributed by atoms with Crippen LogP contribution in [0.15, 0.2) is 59.3 Å². The molecule has 0 fully saturated rings. The third kappa shape index (κ3) is 2.40. The van der Waals surface area contributed by atoms with Crippen molar-refractivity contribution >= 4 is 10.9 Å². The minimum absolute atomic E-state index is 0.405. The van der Waals surface area contributed by atoms with Crippen LogP contribution in [-0.2, 0) is 0 Å². The van der Waals surface area contributed by atoms with Gasteiger partial charge in [0.2, 0.25) is 11.7 Å². The van der Waals surface area contributed by atoms with Crippen LogP contribution in [0.2, 0.25) is 0 Å². The van der Waals surface area contributed by atoms with Crippen molar-refractivity contribution in [3.63, 3.8) is 0 Å². The van der Waals surface area contributed by atoms with Crippen LogP contribution in [-0.4, -0.2) is 27.2 Å². The van der Waals surface area contributed by atoms with Crippen molar-refractivity contribution in [2.75, 3.05) is 7.11 Å². The van der Waals surface area contributed by atoms with Crippen molar-refractivity contribution in [1.82, 2.24) is 20.1 Å². The van der Waals surface area contributed by atoms with Gasteiger partial charge in [0, 0.05) is 17.6 Å². The van der Waals surface area contributed by atoms with Gasteiger partial charge in [-0.2, -0.15) is 4.98 Å². The summed E-state index contributed by atoms with van der Waals surface area (Å²) < 4.78 is 10.7. The first-order chi connectivity index (χ1) is 11.3. The van der Waals surface area contributed by atoms with Crippen molar-refractivity contribution in [3.05, 3.63) is 54.7 Å². The fourth-order valence-corrected chi connectivity index (χ4v) is 2.36. The Bertz CT molecular complexity index is 967. The number of aromatic nitrogens is 4. The maximum absolute atomic E-state index is 5.43. The van der Waals surface area contributed by atoms with E-state index < -0.39 is 0 Å². The number of hydrogen-bond acceptors (Lipinski definition) is 6. The molecule has 3 heterocycles. The minimum Gasteiger partial charge on any atom is -0.481 e. The molecule has 0 radical (unpaired) electrons. The second-order valence-electron chi connectivity index (χ2n) is 4.87. The summed E-state index contributed by atoms with van der Waals surface area (Å²) in [5.74, 6) is 1.35. The zero-order valence-electron chi connectivity index (χ0n) is 12.3. The number of benzene rings is 1. The van der Waals surface area contributed by atoms with Gasteiger partial charge >= 0.3 is 0 Å². The van der Waals surface area contributed by atoms with E-state index in [1.807, 2.05) is 42.5 Å². The molecule has 23 heavy (non-hydrogen) atoms. The Kier molecular flexibility index (Phi) is 3.20. The minimum atomic E-state index is 0.405. The summed E-state index contributed by atoms with van der Waals surface area (Å²) in [6.07, 6.45) is 1.69. The molecule has 0 aliphatic carbocycles. The molecular weight excluding hydrogens is 292 g/mol. The summed E-state index contributed by atoms with van der Waals surface area (Å²) in [7, 11) is 1.58. The topological polar surface area (TPSA) is 73.9 Å². The van der Waals surface area contributed by atoms with Crippen LogP contribution in [0.25, 0.3) is 33.9 Å². The Morgan fingerprint density at radius 3 is 2.70 bits per heavy atom. The Labute approximate surface area is 131 Å². The quantitative estimate of drug-likeness (QED) is 0.578. The van der Waals surface area contributed by atoms with Gasteiger partial charge in [0.1, 0.15) is 5.69 Å². The molecule has 0 atom stereocenters. The van der Waals surface area contributed by atoms with E-state index in [9.17, 15) is 0 Å². The van der Waals surface area contributed by atoms with E-state index in [1.54, 1.807) is 19.4 Å². The first-order valence-corrected chi connectivity index (χ1v) is 7.04. The third-order valence-electron chi connectivity index (χ3n) is 3.45. The predicted octanol–water partition coefficient (Wildman–Crippen LogP) is 3.36. The number of para-hydroxylation sites is 1.